The maximum absolute atomic E-state index is 10.2. The second-order valence-electron chi connectivity index (χ2n) is 2.14. The fourth-order valence-corrected chi connectivity index (χ4v) is 0.564. The van der Waals surface area contributed by atoms with Gasteiger partial charge in [-0.15, -0.1) is 5.43 Å². The van der Waals surface area contributed by atoms with Gasteiger partial charge in [-0.1, -0.05) is 0 Å². The van der Waals surface area contributed by atoms with Gasteiger partial charge in [0.25, 0.3) is 6.54 Å². The van der Waals surface area contributed by atoms with E-state index < -0.39 is 32.1 Å². The number of hydrogen-bond acceptors (Lipinski definition) is 8. The summed E-state index contributed by atoms with van der Waals surface area (Å²) < 4.78 is 0. The van der Waals surface area contributed by atoms with E-state index in [-0.39, 0.29) is 0 Å². The highest BCUT2D eigenvalue weighted by Gasteiger charge is 2.71. The van der Waals surface area contributed by atoms with Gasteiger partial charge < -0.3 is 0 Å². The molecule has 0 unspecified atom stereocenters. The third kappa shape index (κ3) is 2.20. The number of nitro groups is 4. The fourth-order valence-electron chi connectivity index (χ4n) is 0.564. The van der Waals surface area contributed by atoms with E-state index in [0.29, 0.717) is 0 Å². The molecule has 84 valence electrons. The molecule has 15 heavy (non-hydrogen) atoms. The fraction of sp³-hybridized carbons (Fsp3) is 1.00. The smallest absolute Gasteiger partial charge is 0.253 e. The van der Waals surface area contributed by atoms with Crippen LogP contribution in [0.15, 0.2) is 0 Å². The lowest BCUT2D eigenvalue weighted by molar-refractivity contribution is -0.969. The van der Waals surface area contributed by atoms with Crippen LogP contribution in [0.25, 0.3) is 0 Å². The Balaban J connectivity index is 5.15. The molecule has 0 saturated heterocycles. The van der Waals surface area contributed by atoms with Gasteiger partial charge in [-0.3, -0.25) is 30.3 Å². The maximum atomic E-state index is 10.2. The highest BCUT2D eigenvalue weighted by atomic mass is 16.7. The molecule has 0 heterocycles. The van der Waals surface area contributed by atoms with Crippen LogP contribution in [-0.4, -0.2) is 32.1 Å². The SMILES string of the molecule is O=[N+]([O-])NCC([N+](=O)[O-])([N+](=O)[O-])[N+](=O)[O-]. The zero-order valence-corrected chi connectivity index (χ0v) is 6.76. The quantitative estimate of drug-likeness (QED) is 0.310. The minimum Gasteiger partial charge on any atom is -0.253 e. The summed E-state index contributed by atoms with van der Waals surface area (Å²) in [5.41, 5.74) is 1.03. The summed E-state index contributed by atoms with van der Waals surface area (Å²) >= 11 is 0. The molecule has 0 atom stereocenters. The minimum atomic E-state index is -3.85. The van der Waals surface area contributed by atoms with Gasteiger partial charge in [0.2, 0.25) is 0 Å². The highest BCUT2D eigenvalue weighted by Crippen LogP contribution is 2.10. The van der Waals surface area contributed by atoms with Crippen LogP contribution in [-0.2, 0) is 0 Å². The van der Waals surface area contributed by atoms with Crippen molar-refractivity contribution >= 4 is 0 Å². The van der Waals surface area contributed by atoms with Gasteiger partial charge in [0.1, 0.15) is 0 Å². The number of hydrogen-bond donors (Lipinski definition) is 1. The van der Waals surface area contributed by atoms with Crippen molar-refractivity contribution in [1.82, 2.24) is 5.43 Å². The first-order valence-corrected chi connectivity index (χ1v) is 3.06. The van der Waals surface area contributed by atoms with Crippen molar-refractivity contribution in [2.24, 2.45) is 0 Å². The van der Waals surface area contributed by atoms with E-state index in [4.69, 9.17) is 0 Å². The van der Waals surface area contributed by atoms with Gasteiger partial charge in [-0.25, -0.2) is 10.1 Å². The molecular weight excluding hydrogens is 222 g/mol. The number of rotatable bonds is 6. The Labute approximate surface area is 79.2 Å². The molecule has 0 aliphatic rings. The Morgan fingerprint density at radius 3 is 1.40 bits per heavy atom. The molecule has 0 amide bonds. The van der Waals surface area contributed by atoms with E-state index >= 15 is 0 Å². The van der Waals surface area contributed by atoms with Crippen molar-refractivity contribution in [2.75, 3.05) is 6.54 Å². The van der Waals surface area contributed by atoms with Crippen LogP contribution in [0.3, 0.4) is 0 Å². The third-order valence-corrected chi connectivity index (χ3v) is 1.32. The van der Waals surface area contributed by atoms with E-state index in [2.05, 4.69) is 0 Å². The van der Waals surface area contributed by atoms with Gasteiger partial charge in [0, 0.05) is 0 Å². The summed E-state index contributed by atoms with van der Waals surface area (Å²) in [6.45, 7) is -1.66. The Kier molecular flexibility index (Phi) is 3.37. The zero-order valence-electron chi connectivity index (χ0n) is 6.76. The van der Waals surface area contributed by atoms with Gasteiger partial charge >= 0.3 is 5.79 Å². The monoisotopic (exact) mass is 225 g/mol. The van der Waals surface area contributed by atoms with Crippen molar-refractivity contribution in [2.45, 2.75) is 5.79 Å². The Morgan fingerprint density at radius 1 is 0.867 bits per heavy atom. The summed E-state index contributed by atoms with van der Waals surface area (Å²) in [4.78, 5) is 34.8. The van der Waals surface area contributed by atoms with Gasteiger partial charge in [0.05, 0.1) is 0 Å². The zero-order chi connectivity index (χ0) is 12.2. The summed E-state index contributed by atoms with van der Waals surface area (Å²) in [5, 5.41) is 38.9. The van der Waals surface area contributed by atoms with Crippen molar-refractivity contribution < 1.29 is 19.8 Å². The second kappa shape index (κ2) is 4.07. The second-order valence-corrected chi connectivity index (χ2v) is 2.14. The number of nitrogens with one attached hydrogen (secondary N) is 1. The summed E-state index contributed by atoms with van der Waals surface area (Å²) in [5.74, 6) is -3.85. The first-order valence-electron chi connectivity index (χ1n) is 3.06. The highest BCUT2D eigenvalue weighted by molar-refractivity contribution is 4.53. The van der Waals surface area contributed by atoms with Crippen molar-refractivity contribution in [1.29, 1.82) is 0 Å². The molecule has 0 aliphatic carbocycles. The van der Waals surface area contributed by atoms with Crippen LogP contribution in [0, 0.1) is 40.5 Å². The lowest BCUT2D eigenvalue weighted by atomic mass is 10.4. The third-order valence-electron chi connectivity index (χ3n) is 1.32. The summed E-state index contributed by atoms with van der Waals surface area (Å²) in [6, 6.07) is 0. The molecule has 0 spiro atoms. The molecule has 1 N–H and O–H groups in total. The van der Waals surface area contributed by atoms with Gasteiger partial charge in [-0.05, 0) is 0 Å². The van der Waals surface area contributed by atoms with E-state index in [0.717, 1.165) is 5.43 Å². The molecule has 0 saturated carbocycles. The van der Waals surface area contributed by atoms with Crippen LogP contribution in [0.4, 0.5) is 0 Å². The molecule has 0 rings (SSSR count). The summed E-state index contributed by atoms with van der Waals surface area (Å²) in [6.07, 6.45) is 0. The number of hydrazine groups is 1. The topological polar surface area (TPSA) is 185 Å². The summed E-state index contributed by atoms with van der Waals surface area (Å²) in [7, 11) is 0. The van der Waals surface area contributed by atoms with Crippen LogP contribution in [0.1, 0.15) is 0 Å². The normalized spacial score (nSPS) is 10.4. The number of nitrogens with zero attached hydrogens (tertiary/aromatic N) is 4. The van der Waals surface area contributed by atoms with E-state index in [1.165, 1.54) is 0 Å². The van der Waals surface area contributed by atoms with E-state index in [1.54, 1.807) is 0 Å². The molecule has 0 fully saturated rings. The minimum absolute atomic E-state index is 1.03. The van der Waals surface area contributed by atoms with Crippen LogP contribution in [0.2, 0.25) is 0 Å². The van der Waals surface area contributed by atoms with Crippen LogP contribution < -0.4 is 5.43 Å². The first-order chi connectivity index (χ1) is 6.75. The molecule has 0 aromatic carbocycles. The maximum Gasteiger partial charge on any atom is 0.723 e. The van der Waals surface area contributed by atoms with E-state index in [9.17, 15) is 40.5 Å². The predicted molar refractivity (Wildman–Crippen MR) is 38.7 cm³/mol. The molecule has 0 radical (unpaired) electrons. The standard InChI is InChI=1S/C2H3N5O8/c8-4(9)2(5(10)11,6(12)13)1-3-7(14)15/h3H,1H2. The molecule has 0 aromatic heterocycles. The van der Waals surface area contributed by atoms with Crippen molar-refractivity contribution in [3.63, 3.8) is 0 Å². The van der Waals surface area contributed by atoms with Crippen molar-refractivity contribution in [3.8, 4) is 0 Å². The molecule has 13 heteroatoms. The predicted octanol–water partition coefficient (Wildman–Crippen LogP) is -1.75. The van der Waals surface area contributed by atoms with Crippen LogP contribution >= 0.6 is 0 Å². The lowest BCUT2D eigenvalue weighted by Gasteiger charge is -2.06. The molecule has 0 aromatic rings. The molecule has 0 aliphatic heterocycles. The molecular formula is C2H3N5O8. The van der Waals surface area contributed by atoms with E-state index in [1.807, 2.05) is 0 Å². The van der Waals surface area contributed by atoms with Crippen molar-refractivity contribution in [3.05, 3.63) is 40.5 Å². The largest absolute Gasteiger partial charge is 0.723 e. The average molecular weight is 225 g/mol. The average Bonchev–Trinajstić information content (AvgIpc) is 2.02. The van der Waals surface area contributed by atoms with Gasteiger partial charge in [-0.2, -0.15) is 0 Å². The van der Waals surface area contributed by atoms with Crippen LogP contribution in [0.5, 0.6) is 0 Å². The van der Waals surface area contributed by atoms with Gasteiger partial charge in [0.15, 0.2) is 19.8 Å². The molecule has 13 nitrogen and oxygen atoms in total. The first kappa shape index (κ1) is 12.4. The molecule has 0 bridgehead atoms. The Hall–Kier alpha value is -2.60. The lowest BCUT2D eigenvalue weighted by Crippen LogP contribution is -2.60. The Morgan fingerprint density at radius 2 is 1.20 bits per heavy atom. The Bertz CT molecular complexity index is 287.